The Labute approximate surface area is 196 Å². The molecule has 1 fully saturated rings. The molecule has 34 heavy (non-hydrogen) atoms. The van der Waals surface area contributed by atoms with Crippen LogP contribution in [0.3, 0.4) is 0 Å². The van der Waals surface area contributed by atoms with Crippen molar-refractivity contribution < 1.29 is 23.5 Å². The Kier molecular flexibility index (Phi) is 5.81. The van der Waals surface area contributed by atoms with E-state index in [9.17, 15) is 18.8 Å². The zero-order valence-corrected chi connectivity index (χ0v) is 19.0. The number of carbonyl (C=O) groups excluding carboxylic acids is 3. The van der Waals surface area contributed by atoms with Gasteiger partial charge in [-0.3, -0.25) is 9.59 Å². The fraction of sp³-hybridized carbons (Fsp3) is 0.346. The maximum Gasteiger partial charge on any atom is 0.337 e. The van der Waals surface area contributed by atoms with Crippen LogP contribution in [0.15, 0.2) is 42.5 Å². The summed E-state index contributed by atoms with van der Waals surface area (Å²) in [7, 11) is 1.35. The summed E-state index contributed by atoms with van der Waals surface area (Å²) in [6, 6.07) is 10.9. The van der Waals surface area contributed by atoms with Crippen LogP contribution in [0.1, 0.15) is 44.8 Å². The molecule has 5 rings (SSSR count). The van der Waals surface area contributed by atoms with E-state index in [1.54, 1.807) is 11.0 Å². The quantitative estimate of drug-likeness (QED) is 0.603. The molecular formula is C26H26FN3O4. The van der Waals surface area contributed by atoms with Crippen molar-refractivity contribution in [2.24, 2.45) is 5.92 Å². The van der Waals surface area contributed by atoms with Crippen molar-refractivity contribution in [3.63, 3.8) is 0 Å². The Morgan fingerprint density at radius 2 is 1.79 bits per heavy atom. The SMILES string of the molecule is COC(=O)c1ccc2[nH]c3c(c2c1)CN(C(=O)C1CCCN(C(=O)c2ccc(F)cc2)C1)CC3. The van der Waals surface area contributed by atoms with E-state index in [-0.39, 0.29) is 23.5 Å². The van der Waals surface area contributed by atoms with Gasteiger partial charge in [-0.05, 0) is 55.3 Å². The maximum absolute atomic E-state index is 13.4. The van der Waals surface area contributed by atoms with Crippen LogP contribution in [0.5, 0.6) is 0 Å². The molecule has 0 aliphatic carbocycles. The number of benzene rings is 2. The predicted octanol–water partition coefficient (Wildman–Crippen LogP) is 3.53. The molecule has 176 valence electrons. The van der Waals surface area contributed by atoms with Gasteiger partial charge in [0.2, 0.25) is 5.91 Å². The largest absolute Gasteiger partial charge is 0.465 e. The second-order valence-electron chi connectivity index (χ2n) is 8.94. The second kappa shape index (κ2) is 8.93. The lowest BCUT2D eigenvalue weighted by Crippen LogP contribution is -2.47. The van der Waals surface area contributed by atoms with Crippen molar-refractivity contribution in [3.8, 4) is 0 Å². The average Bonchev–Trinajstić information content (AvgIpc) is 3.25. The number of hydrogen-bond donors (Lipinski definition) is 1. The van der Waals surface area contributed by atoms with Gasteiger partial charge < -0.3 is 19.5 Å². The summed E-state index contributed by atoms with van der Waals surface area (Å²) in [5, 5.41) is 0.923. The molecule has 2 aliphatic rings. The van der Waals surface area contributed by atoms with E-state index in [4.69, 9.17) is 4.74 Å². The number of fused-ring (bicyclic) bond motifs is 3. The van der Waals surface area contributed by atoms with Gasteiger partial charge in [-0.15, -0.1) is 0 Å². The van der Waals surface area contributed by atoms with Crippen molar-refractivity contribution in [1.29, 1.82) is 0 Å². The number of nitrogens with one attached hydrogen (secondary N) is 1. The highest BCUT2D eigenvalue weighted by Crippen LogP contribution is 2.30. The van der Waals surface area contributed by atoms with Gasteiger partial charge in [0.15, 0.2) is 0 Å². The number of methoxy groups -OCH3 is 1. The fourth-order valence-corrected chi connectivity index (χ4v) is 5.04. The van der Waals surface area contributed by atoms with Gasteiger partial charge in [0.05, 0.1) is 18.6 Å². The minimum atomic E-state index is -0.395. The molecule has 1 N–H and O–H groups in total. The molecule has 0 radical (unpaired) electrons. The third-order valence-corrected chi connectivity index (χ3v) is 6.86. The first-order valence-electron chi connectivity index (χ1n) is 11.5. The van der Waals surface area contributed by atoms with E-state index in [2.05, 4.69) is 4.98 Å². The third kappa shape index (κ3) is 4.04. The summed E-state index contributed by atoms with van der Waals surface area (Å²) in [5.41, 5.74) is 3.94. The molecule has 2 aliphatic heterocycles. The Morgan fingerprint density at radius 3 is 2.56 bits per heavy atom. The smallest absolute Gasteiger partial charge is 0.337 e. The number of piperidine rings is 1. The van der Waals surface area contributed by atoms with Gasteiger partial charge in [0.25, 0.3) is 5.91 Å². The highest BCUT2D eigenvalue weighted by Gasteiger charge is 2.33. The van der Waals surface area contributed by atoms with E-state index >= 15 is 0 Å². The molecule has 1 unspecified atom stereocenters. The number of esters is 1. The summed E-state index contributed by atoms with van der Waals surface area (Å²) >= 11 is 0. The Morgan fingerprint density at radius 1 is 1.03 bits per heavy atom. The number of rotatable bonds is 3. The van der Waals surface area contributed by atoms with Gasteiger partial charge in [-0.2, -0.15) is 0 Å². The number of ether oxygens (including phenoxy) is 1. The number of nitrogens with zero attached hydrogens (tertiary/aromatic N) is 2. The number of H-pyrrole nitrogens is 1. The number of halogens is 1. The highest BCUT2D eigenvalue weighted by molar-refractivity contribution is 5.97. The molecule has 3 heterocycles. The lowest BCUT2D eigenvalue weighted by atomic mass is 9.94. The van der Waals surface area contributed by atoms with Gasteiger partial charge in [-0.1, -0.05) is 0 Å². The van der Waals surface area contributed by atoms with Gasteiger partial charge in [-0.25, -0.2) is 9.18 Å². The van der Waals surface area contributed by atoms with E-state index in [0.717, 1.165) is 35.0 Å². The van der Waals surface area contributed by atoms with Crippen LogP contribution < -0.4 is 0 Å². The van der Waals surface area contributed by atoms with Crippen LogP contribution in [-0.2, 0) is 22.5 Å². The Hall–Kier alpha value is -3.68. The van der Waals surface area contributed by atoms with E-state index in [0.29, 0.717) is 43.7 Å². The standard InChI is InChI=1S/C26H26FN3O4/c1-34-26(33)17-6-9-22-20(13-17)21-15-30(12-10-23(21)28-22)25(32)18-3-2-11-29(14-18)24(31)16-4-7-19(27)8-5-16/h4-9,13,18,28H,2-3,10-12,14-15H2,1H3. The molecule has 0 spiro atoms. The molecule has 3 aromatic rings. The summed E-state index contributed by atoms with van der Waals surface area (Å²) in [5.74, 6) is -1.18. The number of aromatic amines is 1. The average molecular weight is 464 g/mol. The van der Waals surface area contributed by atoms with Crippen molar-refractivity contribution in [1.82, 2.24) is 14.8 Å². The predicted molar refractivity (Wildman–Crippen MR) is 124 cm³/mol. The summed E-state index contributed by atoms with van der Waals surface area (Å²) in [6.07, 6.45) is 2.18. The van der Waals surface area contributed by atoms with E-state index in [1.165, 1.54) is 31.4 Å². The lowest BCUT2D eigenvalue weighted by molar-refractivity contribution is -0.137. The minimum Gasteiger partial charge on any atom is -0.465 e. The molecular weight excluding hydrogens is 437 g/mol. The van der Waals surface area contributed by atoms with Crippen LogP contribution in [0.4, 0.5) is 4.39 Å². The van der Waals surface area contributed by atoms with Crippen molar-refractivity contribution in [2.45, 2.75) is 25.8 Å². The molecule has 7 nitrogen and oxygen atoms in total. The van der Waals surface area contributed by atoms with Gasteiger partial charge >= 0.3 is 5.97 Å². The molecule has 0 bridgehead atoms. The van der Waals surface area contributed by atoms with Crippen molar-refractivity contribution in [2.75, 3.05) is 26.7 Å². The Balaban J connectivity index is 1.32. The molecule has 2 amide bonds. The zero-order valence-electron chi connectivity index (χ0n) is 19.0. The molecule has 8 heteroatoms. The van der Waals surface area contributed by atoms with Crippen LogP contribution in [0.2, 0.25) is 0 Å². The first kappa shape index (κ1) is 22.1. The molecule has 2 aromatic carbocycles. The van der Waals surface area contributed by atoms with Crippen molar-refractivity contribution in [3.05, 3.63) is 70.7 Å². The number of amides is 2. The Bertz CT molecular complexity index is 1270. The number of hydrogen-bond acceptors (Lipinski definition) is 4. The second-order valence-corrected chi connectivity index (χ2v) is 8.94. The van der Waals surface area contributed by atoms with Crippen LogP contribution in [0, 0.1) is 11.7 Å². The minimum absolute atomic E-state index is 0.0423. The first-order chi connectivity index (χ1) is 16.4. The summed E-state index contributed by atoms with van der Waals surface area (Å²) in [4.78, 5) is 45.3. The van der Waals surface area contributed by atoms with E-state index < -0.39 is 5.97 Å². The van der Waals surface area contributed by atoms with Crippen LogP contribution in [0.25, 0.3) is 10.9 Å². The zero-order chi connectivity index (χ0) is 23.8. The number of aromatic nitrogens is 1. The van der Waals surface area contributed by atoms with E-state index in [1.807, 2.05) is 17.0 Å². The third-order valence-electron chi connectivity index (χ3n) is 6.86. The highest BCUT2D eigenvalue weighted by atomic mass is 19.1. The molecule has 1 saturated heterocycles. The van der Waals surface area contributed by atoms with Crippen LogP contribution >= 0.6 is 0 Å². The summed E-state index contributed by atoms with van der Waals surface area (Å²) < 4.78 is 18.1. The lowest BCUT2D eigenvalue weighted by Gasteiger charge is -2.36. The van der Waals surface area contributed by atoms with Gasteiger partial charge in [0, 0.05) is 60.3 Å². The fourth-order valence-electron chi connectivity index (χ4n) is 5.04. The molecule has 1 aromatic heterocycles. The van der Waals surface area contributed by atoms with Gasteiger partial charge in [0.1, 0.15) is 5.82 Å². The maximum atomic E-state index is 13.4. The van der Waals surface area contributed by atoms with Crippen LogP contribution in [-0.4, -0.2) is 59.3 Å². The number of carbonyl (C=O) groups is 3. The summed E-state index contributed by atoms with van der Waals surface area (Å²) in [6.45, 7) is 2.01. The monoisotopic (exact) mass is 463 g/mol. The molecule has 0 saturated carbocycles. The van der Waals surface area contributed by atoms with Crippen molar-refractivity contribution >= 4 is 28.7 Å². The topological polar surface area (TPSA) is 82.7 Å². The normalized spacial score (nSPS) is 18.0. The molecule has 1 atom stereocenters. The number of likely N-dealkylation sites (tertiary alicyclic amines) is 1. The first-order valence-corrected chi connectivity index (χ1v) is 11.5.